The largest absolute Gasteiger partial charge is 0.484 e. The van der Waals surface area contributed by atoms with E-state index in [1.54, 1.807) is 34.1 Å². The number of carbonyl (C=O) groups is 2. The first kappa shape index (κ1) is 17.3. The van der Waals surface area contributed by atoms with Gasteiger partial charge < -0.3 is 19.9 Å². The van der Waals surface area contributed by atoms with E-state index in [1.165, 1.54) is 0 Å². The second-order valence-electron chi connectivity index (χ2n) is 5.42. The standard InChI is InChI=1S/C17H25N3O3/c1-3-19(4-2)17(22)14-5-7-15(8-6-14)23-13-16(21)20-11-9-18-10-12-20/h5-8,18H,3-4,9-13H2,1-2H3. The number of hydrogen-bond donors (Lipinski definition) is 1. The van der Waals surface area contributed by atoms with Crippen molar-refractivity contribution >= 4 is 11.8 Å². The lowest BCUT2D eigenvalue weighted by Crippen LogP contribution is -2.47. The molecule has 0 spiro atoms. The summed E-state index contributed by atoms with van der Waals surface area (Å²) in [6.07, 6.45) is 0. The lowest BCUT2D eigenvalue weighted by atomic mass is 10.2. The number of ether oxygens (including phenoxy) is 1. The molecule has 23 heavy (non-hydrogen) atoms. The van der Waals surface area contributed by atoms with Gasteiger partial charge >= 0.3 is 0 Å². The number of hydrogen-bond acceptors (Lipinski definition) is 4. The Morgan fingerprint density at radius 2 is 1.74 bits per heavy atom. The van der Waals surface area contributed by atoms with Gasteiger partial charge in [0.15, 0.2) is 6.61 Å². The van der Waals surface area contributed by atoms with Gasteiger partial charge in [0.2, 0.25) is 0 Å². The minimum Gasteiger partial charge on any atom is -0.484 e. The van der Waals surface area contributed by atoms with Crippen LogP contribution in [0.3, 0.4) is 0 Å². The molecule has 0 atom stereocenters. The number of piperazine rings is 1. The maximum atomic E-state index is 12.2. The second-order valence-corrected chi connectivity index (χ2v) is 5.42. The highest BCUT2D eigenvalue weighted by Crippen LogP contribution is 2.14. The van der Waals surface area contributed by atoms with Crippen molar-refractivity contribution < 1.29 is 14.3 Å². The molecule has 1 aromatic carbocycles. The van der Waals surface area contributed by atoms with Crippen molar-refractivity contribution in [2.24, 2.45) is 0 Å². The molecule has 1 aliphatic rings. The number of nitrogens with zero attached hydrogens (tertiary/aromatic N) is 2. The second kappa shape index (κ2) is 8.53. The van der Waals surface area contributed by atoms with Gasteiger partial charge in [-0.05, 0) is 38.1 Å². The Bertz CT molecular complexity index is 520. The van der Waals surface area contributed by atoms with Crippen molar-refractivity contribution in [3.63, 3.8) is 0 Å². The SMILES string of the molecule is CCN(CC)C(=O)c1ccc(OCC(=O)N2CCNCC2)cc1. The van der Waals surface area contributed by atoms with Crippen LogP contribution in [0.4, 0.5) is 0 Å². The van der Waals surface area contributed by atoms with Crippen molar-refractivity contribution in [3.05, 3.63) is 29.8 Å². The van der Waals surface area contributed by atoms with Gasteiger partial charge in [-0.3, -0.25) is 9.59 Å². The summed E-state index contributed by atoms with van der Waals surface area (Å²) < 4.78 is 5.53. The molecule has 1 aliphatic heterocycles. The molecular formula is C17H25N3O3. The first-order valence-corrected chi connectivity index (χ1v) is 8.16. The fourth-order valence-electron chi connectivity index (χ4n) is 2.54. The van der Waals surface area contributed by atoms with Crippen molar-refractivity contribution in [2.45, 2.75) is 13.8 Å². The van der Waals surface area contributed by atoms with Crippen molar-refractivity contribution in [2.75, 3.05) is 45.9 Å². The predicted molar refractivity (Wildman–Crippen MR) is 88.6 cm³/mol. The average Bonchev–Trinajstić information content (AvgIpc) is 2.61. The van der Waals surface area contributed by atoms with Crippen LogP contribution in [0.5, 0.6) is 5.75 Å². The maximum Gasteiger partial charge on any atom is 0.260 e. The van der Waals surface area contributed by atoms with E-state index in [2.05, 4.69) is 5.32 Å². The van der Waals surface area contributed by atoms with Crippen molar-refractivity contribution in [1.29, 1.82) is 0 Å². The van der Waals surface area contributed by atoms with E-state index >= 15 is 0 Å². The summed E-state index contributed by atoms with van der Waals surface area (Å²) in [7, 11) is 0. The van der Waals surface area contributed by atoms with Crippen LogP contribution in [0.25, 0.3) is 0 Å². The van der Waals surface area contributed by atoms with Crippen LogP contribution in [-0.2, 0) is 4.79 Å². The quantitative estimate of drug-likeness (QED) is 0.849. The first-order valence-electron chi connectivity index (χ1n) is 8.16. The Labute approximate surface area is 137 Å². The first-order chi connectivity index (χ1) is 11.2. The molecular weight excluding hydrogens is 294 g/mol. The number of benzene rings is 1. The Morgan fingerprint density at radius 1 is 1.13 bits per heavy atom. The molecule has 1 saturated heterocycles. The molecule has 0 bridgehead atoms. The predicted octanol–water partition coefficient (Wildman–Crippen LogP) is 0.979. The number of carbonyl (C=O) groups excluding carboxylic acids is 2. The Kier molecular flexibility index (Phi) is 6.40. The molecule has 0 aliphatic carbocycles. The zero-order valence-corrected chi connectivity index (χ0v) is 13.9. The molecule has 0 unspecified atom stereocenters. The number of nitrogens with one attached hydrogen (secondary N) is 1. The molecule has 6 heteroatoms. The van der Waals surface area contributed by atoms with Crippen LogP contribution < -0.4 is 10.1 Å². The Hall–Kier alpha value is -2.08. The van der Waals surface area contributed by atoms with Crippen molar-refractivity contribution in [1.82, 2.24) is 15.1 Å². The van der Waals surface area contributed by atoms with Gasteiger partial charge in [-0.15, -0.1) is 0 Å². The summed E-state index contributed by atoms with van der Waals surface area (Å²) in [6, 6.07) is 6.96. The summed E-state index contributed by atoms with van der Waals surface area (Å²) >= 11 is 0. The van der Waals surface area contributed by atoms with Crippen LogP contribution in [0.2, 0.25) is 0 Å². The van der Waals surface area contributed by atoms with E-state index in [-0.39, 0.29) is 18.4 Å². The summed E-state index contributed by atoms with van der Waals surface area (Å²) in [5, 5.41) is 3.21. The summed E-state index contributed by atoms with van der Waals surface area (Å²) in [6.45, 7) is 8.42. The van der Waals surface area contributed by atoms with Gasteiger partial charge in [0.05, 0.1) is 0 Å². The third-order valence-electron chi connectivity index (χ3n) is 3.98. The molecule has 0 aromatic heterocycles. The van der Waals surface area contributed by atoms with Crippen LogP contribution in [0.1, 0.15) is 24.2 Å². The van der Waals surface area contributed by atoms with E-state index in [0.29, 0.717) is 24.4 Å². The number of amides is 2. The van der Waals surface area contributed by atoms with Gasteiger partial charge in [-0.2, -0.15) is 0 Å². The third-order valence-corrected chi connectivity index (χ3v) is 3.98. The van der Waals surface area contributed by atoms with E-state index in [9.17, 15) is 9.59 Å². The van der Waals surface area contributed by atoms with Gasteiger partial charge in [0.1, 0.15) is 5.75 Å². The molecule has 1 fully saturated rings. The fraction of sp³-hybridized carbons (Fsp3) is 0.529. The van der Waals surface area contributed by atoms with Gasteiger partial charge in [0, 0.05) is 44.8 Å². The highest BCUT2D eigenvalue weighted by Gasteiger charge is 2.17. The monoisotopic (exact) mass is 319 g/mol. The highest BCUT2D eigenvalue weighted by atomic mass is 16.5. The minimum atomic E-state index is -0.00482. The topological polar surface area (TPSA) is 61.9 Å². The lowest BCUT2D eigenvalue weighted by molar-refractivity contribution is -0.133. The molecule has 6 nitrogen and oxygen atoms in total. The third kappa shape index (κ3) is 4.69. The molecule has 1 heterocycles. The van der Waals surface area contributed by atoms with Gasteiger partial charge in [0.25, 0.3) is 11.8 Å². The zero-order valence-electron chi connectivity index (χ0n) is 13.9. The summed E-state index contributed by atoms with van der Waals surface area (Å²) in [4.78, 5) is 27.8. The van der Waals surface area contributed by atoms with Crippen LogP contribution in [0.15, 0.2) is 24.3 Å². The molecule has 2 amide bonds. The molecule has 1 N–H and O–H groups in total. The molecule has 0 radical (unpaired) electrons. The van der Waals surface area contributed by atoms with E-state index in [4.69, 9.17) is 4.74 Å². The van der Waals surface area contributed by atoms with Crippen LogP contribution in [-0.4, -0.2) is 67.5 Å². The van der Waals surface area contributed by atoms with E-state index in [0.717, 1.165) is 26.2 Å². The molecule has 1 aromatic rings. The Morgan fingerprint density at radius 3 is 2.30 bits per heavy atom. The van der Waals surface area contributed by atoms with E-state index in [1.807, 2.05) is 13.8 Å². The normalized spacial score (nSPS) is 14.4. The number of rotatable bonds is 6. The van der Waals surface area contributed by atoms with Crippen LogP contribution in [0, 0.1) is 0 Å². The summed E-state index contributed by atoms with van der Waals surface area (Å²) in [5.74, 6) is 0.609. The zero-order chi connectivity index (χ0) is 16.7. The molecule has 0 saturated carbocycles. The average molecular weight is 319 g/mol. The van der Waals surface area contributed by atoms with Crippen molar-refractivity contribution in [3.8, 4) is 5.75 Å². The van der Waals surface area contributed by atoms with E-state index < -0.39 is 0 Å². The minimum absolute atomic E-state index is 0.00482. The van der Waals surface area contributed by atoms with Crippen LogP contribution >= 0.6 is 0 Å². The lowest BCUT2D eigenvalue weighted by Gasteiger charge is -2.27. The smallest absolute Gasteiger partial charge is 0.260 e. The Balaban J connectivity index is 1.87. The van der Waals surface area contributed by atoms with Gasteiger partial charge in [-0.25, -0.2) is 0 Å². The molecule has 126 valence electrons. The highest BCUT2D eigenvalue weighted by molar-refractivity contribution is 5.94. The molecule has 2 rings (SSSR count). The maximum absolute atomic E-state index is 12.2. The summed E-state index contributed by atoms with van der Waals surface area (Å²) in [5.41, 5.74) is 0.634. The van der Waals surface area contributed by atoms with Gasteiger partial charge in [-0.1, -0.05) is 0 Å². The fourth-order valence-corrected chi connectivity index (χ4v) is 2.54.